The Kier molecular flexibility index (Phi) is 5.98. The lowest BCUT2D eigenvalue weighted by molar-refractivity contribution is 0.284. The van der Waals surface area contributed by atoms with E-state index in [2.05, 4.69) is 19.2 Å². The number of benzene rings is 1. The first-order valence-corrected chi connectivity index (χ1v) is 6.19. The van der Waals surface area contributed by atoms with Crippen LogP contribution in [0.15, 0.2) is 18.2 Å². The van der Waals surface area contributed by atoms with Crippen LogP contribution in [0.4, 0.5) is 4.39 Å². The largest absolute Gasteiger partial charge is 0.491 e. The van der Waals surface area contributed by atoms with E-state index in [4.69, 9.17) is 4.74 Å². The molecule has 0 bridgehead atoms. The maximum Gasteiger partial charge on any atom is 0.165 e. The molecule has 1 N–H and O–H groups in total. The van der Waals surface area contributed by atoms with E-state index in [1.54, 1.807) is 6.07 Å². The average Bonchev–Trinajstić information content (AvgIpc) is 2.27. The van der Waals surface area contributed by atoms with E-state index in [9.17, 15) is 4.39 Å². The highest BCUT2D eigenvalue weighted by atomic mass is 19.1. The fraction of sp³-hybridized carbons (Fsp3) is 0.571. The molecule has 1 aromatic rings. The van der Waals surface area contributed by atoms with Gasteiger partial charge in [0, 0.05) is 6.54 Å². The van der Waals surface area contributed by atoms with Crippen molar-refractivity contribution in [3.05, 3.63) is 29.6 Å². The van der Waals surface area contributed by atoms with Crippen LogP contribution < -0.4 is 10.1 Å². The second-order valence-corrected chi connectivity index (χ2v) is 4.68. The summed E-state index contributed by atoms with van der Waals surface area (Å²) in [6.45, 7) is 5.60. The second kappa shape index (κ2) is 7.28. The first kappa shape index (κ1) is 14.0. The Hall–Kier alpha value is -1.09. The number of hydrogen-bond acceptors (Lipinski definition) is 2. The van der Waals surface area contributed by atoms with Crippen LogP contribution in [0.2, 0.25) is 0 Å². The van der Waals surface area contributed by atoms with Crippen molar-refractivity contribution >= 4 is 0 Å². The molecule has 0 spiro atoms. The van der Waals surface area contributed by atoms with Crippen LogP contribution in [0, 0.1) is 11.7 Å². The lowest BCUT2D eigenvalue weighted by atomic mass is 10.1. The molecule has 96 valence electrons. The van der Waals surface area contributed by atoms with E-state index in [0.717, 1.165) is 18.4 Å². The molecule has 0 aliphatic heterocycles. The molecule has 0 unspecified atom stereocenters. The fourth-order valence-electron chi connectivity index (χ4n) is 1.65. The third-order valence-electron chi connectivity index (χ3n) is 2.56. The van der Waals surface area contributed by atoms with Crippen molar-refractivity contribution < 1.29 is 9.13 Å². The van der Waals surface area contributed by atoms with Crippen LogP contribution in [0.25, 0.3) is 0 Å². The summed E-state index contributed by atoms with van der Waals surface area (Å²) >= 11 is 0. The Morgan fingerprint density at radius 2 is 2.12 bits per heavy atom. The minimum atomic E-state index is -0.276. The van der Waals surface area contributed by atoms with Crippen LogP contribution in [0.1, 0.15) is 32.3 Å². The monoisotopic (exact) mass is 239 g/mol. The van der Waals surface area contributed by atoms with Gasteiger partial charge < -0.3 is 10.1 Å². The molecule has 17 heavy (non-hydrogen) atoms. The summed E-state index contributed by atoms with van der Waals surface area (Å²) in [5.41, 5.74) is 0.930. The highest BCUT2D eigenvalue weighted by Gasteiger charge is 2.04. The van der Waals surface area contributed by atoms with Crippen LogP contribution in [-0.2, 0) is 6.54 Å². The predicted molar refractivity (Wildman–Crippen MR) is 68.7 cm³/mol. The van der Waals surface area contributed by atoms with Crippen molar-refractivity contribution in [2.24, 2.45) is 5.92 Å². The fourth-order valence-corrected chi connectivity index (χ4v) is 1.65. The Morgan fingerprint density at radius 1 is 1.35 bits per heavy atom. The van der Waals surface area contributed by atoms with Gasteiger partial charge in [0.15, 0.2) is 11.6 Å². The summed E-state index contributed by atoms with van der Waals surface area (Å²) in [7, 11) is 1.84. The molecule has 0 atom stereocenters. The first-order valence-electron chi connectivity index (χ1n) is 6.19. The van der Waals surface area contributed by atoms with Crippen LogP contribution in [0.3, 0.4) is 0 Å². The molecule has 1 aromatic carbocycles. The van der Waals surface area contributed by atoms with Crippen LogP contribution in [0.5, 0.6) is 5.75 Å². The SMILES string of the molecule is CNCc1ccc(OCCCC(C)C)c(F)c1. The highest BCUT2D eigenvalue weighted by molar-refractivity contribution is 5.29. The highest BCUT2D eigenvalue weighted by Crippen LogP contribution is 2.19. The van der Waals surface area contributed by atoms with E-state index in [-0.39, 0.29) is 5.82 Å². The maximum absolute atomic E-state index is 13.6. The molecular formula is C14H22FNO. The lowest BCUT2D eigenvalue weighted by Gasteiger charge is -2.09. The molecule has 0 saturated carbocycles. The number of hydrogen-bond donors (Lipinski definition) is 1. The van der Waals surface area contributed by atoms with E-state index in [1.807, 2.05) is 13.1 Å². The van der Waals surface area contributed by atoms with Gasteiger partial charge in [-0.2, -0.15) is 0 Å². The predicted octanol–water partition coefficient (Wildman–Crippen LogP) is 3.36. The van der Waals surface area contributed by atoms with E-state index in [0.29, 0.717) is 24.8 Å². The van der Waals surface area contributed by atoms with Crippen molar-refractivity contribution in [1.82, 2.24) is 5.32 Å². The molecule has 0 aliphatic carbocycles. The topological polar surface area (TPSA) is 21.3 Å². The number of rotatable bonds is 7. The van der Waals surface area contributed by atoms with Crippen molar-refractivity contribution in [1.29, 1.82) is 0 Å². The summed E-state index contributed by atoms with van der Waals surface area (Å²) in [4.78, 5) is 0. The minimum absolute atomic E-state index is 0.276. The molecule has 3 heteroatoms. The summed E-state index contributed by atoms with van der Waals surface area (Å²) in [6.07, 6.45) is 2.08. The molecule has 2 nitrogen and oxygen atoms in total. The van der Waals surface area contributed by atoms with Gasteiger partial charge in [-0.05, 0) is 43.5 Å². The Morgan fingerprint density at radius 3 is 2.71 bits per heavy atom. The van der Waals surface area contributed by atoms with Gasteiger partial charge in [-0.1, -0.05) is 19.9 Å². The third kappa shape index (κ3) is 5.18. The van der Waals surface area contributed by atoms with Crippen molar-refractivity contribution in [2.45, 2.75) is 33.2 Å². The zero-order valence-corrected chi connectivity index (χ0v) is 10.9. The van der Waals surface area contributed by atoms with E-state index < -0.39 is 0 Å². The molecule has 0 radical (unpaired) electrons. The van der Waals surface area contributed by atoms with Gasteiger partial charge in [0.05, 0.1) is 6.61 Å². The standard InChI is InChI=1S/C14H22FNO/c1-11(2)5-4-8-17-14-7-6-12(10-16-3)9-13(14)15/h6-7,9,11,16H,4-5,8,10H2,1-3H3. The van der Waals surface area contributed by atoms with Gasteiger partial charge in [0.25, 0.3) is 0 Å². The number of nitrogens with one attached hydrogen (secondary N) is 1. The Labute approximate surface area is 103 Å². The summed E-state index contributed by atoms with van der Waals surface area (Å²) in [6, 6.07) is 5.11. The van der Waals surface area contributed by atoms with Gasteiger partial charge >= 0.3 is 0 Å². The molecule has 0 amide bonds. The van der Waals surface area contributed by atoms with Crippen LogP contribution in [-0.4, -0.2) is 13.7 Å². The smallest absolute Gasteiger partial charge is 0.165 e. The quantitative estimate of drug-likeness (QED) is 0.737. The van der Waals surface area contributed by atoms with E-state index in [1.165, 1.54) is 6.07 Å². The first-order chi connectivity index (χ1) is 8.13. The van der Waals surface area contributed by atoms with Gasteiger partial charge in [-0.15, -0.1) is 0 Å². The summed E-state index contributed by atoms with van der Waals surface area (Å²) in [5.74, 6) is 0.748. The molecule has 0 saturated heterocycles. The molecule has 0 fully saturated rings. The zero-order valence-electron chi connectivity index (χ0n) is 10.9. The van der Waals surface area contributed by atoms with Gasteiger partial charge in [-0.3, -0.25) is 0 Å². The third-order valence-corrected chi connectivity index (χ3v) is 2.56. The molecule has 0 aromatic heterocycles. The van der Waals surface area contributed by atoms with Gasteiger partial charge in [-0.25, -0.2) is 4.39 Å². The normalized spacial score (nSPS) is 10.9. The Bertz CT molecular complexity index is 339. The Balaban J connectivity index is 2.43. The summed E-state index contributed by atoms with van der Waals surface area (Å²) < 4.78 is 19.0. The molecule has 0 heterocycles. The maximum atomic E-state index is 13.6. The molecule has 0 aliphatic rings. The van der Waals surface area contributed by atoms with Crippen LogP contribution >= 0.6 is 0 Å². The van der Waals surface area contributed by atoms with Crippen molar-refractivity contribution in [3.8, 4) is 5.75 Å². The number of halogens is 1. The molecular weight excluding hydrogens is 217 g/mol. The minimum Gasteiger partial charge on any atom is -0.491 e. The van der Waals surface area contributed by atoms with Crippen molar-refractivity contribution in [2.75, 3.05) is 13.7 Å². The average molecular weight is 239 g/mol. The summed E-state index contributed by atoms with van der Waals surface area (Å²) in [5, 5.41) is 2.99. The number of ether oxygens (including phenoxy) is 1. The van der Waals surface area contributed by atoms with Gasteiger partial charge in [0.1, 0.15) is 0 Å². The van der Waals surface area contributed by atoms with Crippen molar-refractivity contribution in [3.63, 3.8) is 0 Å². The zero-order chi connectivity index (χ0) is 12.7. The van der Waals surface area contributed by atoms with E-state index >= 15 is 0 Å². The second-order valence-electron chi connectivity index (χ2n) is 4.68. The van der Waals surface area contributed by atoms with Gasteiger partial charge in [0.2, 0.25) is 0 Å². The molecule has 1 rings (SSSR count). The lowest BCUT2D eigenvalue weighted by Crippen LogP contribution is -2.06.